The number of halogens is 1. The first-order valence-corrected chi connectivity index (χ1v) is 17.0. The molecular formula is C30H25ClN8O7S2. The van der Waals surface area contributed by atoms with Gasteiger partial charge in [-0.15, -0.1) is 11.7 Å². The molecule has 1 amide bonds. The van der Waals surface area contributed by atoms with Crippen LogP contribution in [-0.4, -0.2) is 46.8 Å². The van der Waals surface area contributed by atoms with E-state index in [1.165, 1.54) is 37.3 Å². The standard InChI is InChI=1S/C30H25ClN8O7S2/c1-3-6-18-7-4-8-19(13-18)33-29-35-28(31)36-30(37-29)34-20-11-12-24(25(15-20)32-17(2)40)39-38-21-14-23-22(27(16-21)48(44,45)46)9-5-10-26(23)47(41,42)43/h3-5,7-16H,1,6H2,2H3,(H,32,40)(H,41,42,43)(H,44,45,46)(H2,33,34,35,36,37). The molecule has 0 bridgehead atoms. The average molecular weight is 709 g/mol. The Kier molecular flexibility index (Phi) is 9.78. The lowest BCUT2D eigenvalue weighted by molar-refractivity contribution is -0.114. The van der Waals surface area contributed by atoms with Crippen LogP contribution in [-0.2, 0) is 31.5 Å². The molecule has 48 heavy (non-hydrogen) atoms. The van der Waals surface area contributed by atoms with Crippen LogP contribution in [0.3, 0.4) is 0 Å². The molecule has 4 aromatic carbocycles. The Labute approximate surface area is 279 Å². The van der Waals surface area contributed by atoms with Crippen LogP contribution in [0.15, 0.2) is 105 Å². The number of allylic oxidation sites excluding steroid dienone is 1. The Morgan fingerprint density at radius 1 is 0.833 bits per heavy atom. The molecule has 0 spiro atoms. The summed E-state index contributed by atoms with van der Waals surface area (Å²) in [5.74, 6) is -0.210. The van der Waals surface area contributed by atoms with Crippen molar-refractivity contribution in [3.8, 4) is 0 Å². The number of aromatic nitrogens is 3. The fourth-order valence-corrected chi connectivity index (χ4v) is 6.15. The maximum atomic E-state index is 12.2. The predicted octanol–water partition coefficient (Wildman–Crippen LogP) is 6.76. The van der Waals surface area contributed by atoms with Crippen molar-refractivity contribution in [1.82, 2.24) is 15.0 Å². The van der Waals surface area contributed by atoms with Crippen molar-refractivity contribution in [1.29, 1.82) is 0 Å². The van der Waals surface area contributed by atoms with Gasteiger partial charge in [0.05, 0.1) is 11.4 Å². The summed E-state index contributed by atoms with van der Waals surface area (Å²) in [7, 11) is -9.65. The quantitative estimate of drug-likeness (QED) is 0.0545. The van der Waals surface area contributed by atoms with Gasteiger partial charge in [0, 0.05) is 29.1 Å². The molecule has 0 unspecified atom stereocenters. The van der Waals surface area contributed by atoms with E-state index in [1.807, 2.05) is 24.3 Å². The number of carbonyl (C=O) groups is 1. The molecule has 5 aromatic rings. The van der Waals surface area contributed by atoms with Gasteiger partial charge >= 0.3 is 0 Å². The molecule has 0 fully saturated rings. The number of amides is 1. The topological polar surface area (TPSA) is 225 Å². The van der Waals surface area contributed by atoms with E-state index in [2.05, 4.69) is 47.7 Å². The summed E-state index contributed by atoms with van der Waals surface area (Å²) in [6.45, 7) is 5.02. The first-order chi connectivity index (χ1) is 22.7. The third-order valence-corrected chi connectivity index (χ3v) is 8.44. The van der Waals surface area contributed by atoms with Crippen LogP contribution in [0.4, 0.5) is 40.3 Å². The van der Waals surface area contributed by atoms with Crippen molar-refractivity contribution in [2.24, 2.45) is 10.2 Å². The van der Waals surface area contributed by atoms with E-state index in [9.17, 15) is 30.7 Å². The van der Waals surface area contributed by atoms with Crippen LogP contribution in [0.5, 0.6) is 0 Å². The first-order valence-electron chi connectivity index (χ1n) is 13.7. The van der Waals surface area contributed by atoms with Gasteiger partial charge in [-0.3, -0.25) is 13.9 Å². The first kappa shape index (κ1) is 34.0. The number of anilines is 5. The molecule has 0 saturated carbocycles. The Bertz CT molecular complexity index is 2340. The monoisotopic (exact) mass is 708 g/mol. The molecule has 0 radical (unpaired) electrons. The lowest BCUT2D eigenvalue weighted by Crippen LogP contribution is -2.07. The van der Waals surface area contributed by atoms with Gasteiger partial charge in [-0.25, -0.2) is 0 Å². The van der Waals surface area contributed by atoms with E-state index in [0.717, 1.165) is 23.4 Å². The third-order valence-electron chi connectivity index (χ3n) is 6.47. The molecule has 5 rings (SSSR count). The number of hydrogen-bond acceptors (Lipinski definition) is 12. The molecule has 18 heteroatoms. The summed E-state index contributed by atoms with van der Waals surface area (Å²) in [5.41, 5.74) is 2.24. The van der Waals surface area contributed by atoms with Gasteiger partial charge in [0.25, 0.3) is 20.2 Å². The number of nitrogens with one attached hydrogen (secondary N) is 3. The second-order valence-electron chi connectivity index (χ2n) is 10.1. The second kappa shape index (κ2) is 13.8. The minimum atomic E-state index is -4.86. The number of hydrogen-bond donors (Lipinski definition) is 5. The van der Waals surface area contributed by atoms with Crippen LogP contribution in [0.1, 0.15) is 12.5 Å². The molecule has 1 aromatic heterocycles. The number of nitrogens with zero attached hydrogens (tertiary/aromatic N) is 5. The highest BCUT2D eigenvalue weighted by molar-refractivity contribution is 7.86. The van der Waals surface area contributed by atoms with Crippen LogP contribution in [0.25, 0.3) is 10.8 Å². The highest BCUT2D eigenvalue weighted by Crippen LogP contribution is 2.35. The second-order valence-corrected chi connectivity index (χ2v) is 13.2. The van der Waals surface area contributed by atoms with E-state index < -0.39 is 35.9 Å². The Hall–Kier alpha value is -5.33. The molecule has 5 N–H and O–H groups in total. The summed E-state index contributed by atoms with van der Waals surface area (Å²) >= 11 is 6.16. The van der Waals surface area contributed by atoms with Crippen molar-refractivity contribution >= 4 is 88.9 Å². The van der Waals surface area contributed by atoms with E-state index in [-0.39, 0.29) is 45.0 Å². The zero-order valence-corrected chi connectivity index (χ0v) is 27.2. The smallest absolute Gasteiger partial charge is 0.295 e. The molecule has 1 heterocycles. The van der Waals surface area contributed by atoms with E-state index >= 15 is 0 Å². The fourth-order valence-electron chi connectivity index (χ4n) is 4.57. The molecule has 0 aliphatic carbocycles. The van der Waals surface area contributed by atoms with Gasteiger partial charge in [0.1, 0.15) is 15.5 Å². The van der Waals surface area contributed by atoms with Crippen molar-refractivity contribution < 1.29 is 30.7 Å². The molecule has 0 aliphatic heterocycles. The third kappa shape index (κ3) is 8.33. The molecule has 0 aliphatic rings. The van der Waals surface area contributed by atoms with Crippen molar-refractivity contribution in [3.05, 3.63) is 96.3 Å². The largest absolute Gasteiger partial charge is 0.324 e. The summed E-state index contributed by atoms with van der Waals surface area (Å²) in [4.78, 5) is 23.3. The molecule has 15 nitrogen and oxygen atoms in total. The summed E-state index contributed by atoms with van der Waals surface area (Å²) < 4.78 is 67.8. The highest BCUT2D eigenvalue weighted by Gasteiger charge is 2.21. The van der Waals surface area contributed by atoms with Crippen LogP contribution < -0.4 is 16.0 Å². The lowest BCUT2D eigenvalue weighted by Gasteiger charge is -2.12. The maximum Gasteiger partial charge on any atom is 0.295 e. The Morgan fingerprint density at radius 3 is 2.15 bits per heavy atom. The predicted molar refractivity (Wildman–Crippen MR) is 180 cm³/mol. The van der Waals surface area contributed by atoms with E-state index in [1.54, 1.807) is 12.1 Å². The van der Waals surface area contributed by atoms with Crippen LogP contribution in [0, 0.1) is 0 Å². The SMILES string of the molecule is C=CCc1cccc(Nc2nc(Cl)nc(Nc3ccc(N=Nc4cc(S(=O)(=O)O)c5cccc(S(=O)(=O)O)c5c4)c(NC(C)=O)c3)n2)c1. The minimum absolute atomic E-state index is 0.0754. The molecular weight excluding hydrogens is 684 g/mol. The highest BCUT2D eigenvalue weighted by atomic mass is 35.5. The Morgan fingerprint density at radius 2 is 1.50 bits per heavy atom. The zero-order valence-electron chi connectivity index (χ0n) is 24.8. The van der Waals surface area contributed by atoms with Gasteiger partial charge in [-0.2, -0.15) is 36.9 Å². The zero-order chi connectivity index (χ0) is 34.6. The van der Waals surface area contributed by atoms with Gasteiger partial charge in [-0.05, 0) is 72.1 Å². The molecule has 246 valence electrons. The van der Waals surface area contributed by atoms with Crippen LogP contribution >= 0.6 is 11.6 Å². The summed E-state index contributed by atoms with van der Waals surface area (Å²) in [5, 5.41) is 16.3. The lowest BCUT2D eigenvalue weighted by atomic mass is 10.1. The Balaban J connectivity index is 1.48. The number of fused-ring (bicyclic) bond motifs is 1. The van der Waals surface area contributed by atoms with Gasteiger partial charge < -0.3 is 16.0 Å². The number of benzene rings is 4. The van der Waals surface area contributed by atoms with Gasteiger partial charge in [0.2, 0.25) is 23.1 Å². The van der Waals surface area contributed by atoms with Gasteiger partial charge in [0.15, 0.2) is 0 Å². The average Bonchev–Trinajstić information content (AvgIpc) is 2.99. The minimum Gasteiger partial charge on any atom is -0.324 e. The molecule has 0 saturated heterocycles. The number of carbonyl (C=O) groups excluding carboxylic acids is 1. The summed E-state index contributed by atoms with van der Waals surface area (Å²) in [6, 6.07) is 17.8. The number of azo groups is 1. The molecule has 0 atom stereocenters. The normalized spacial score (nSPS) is 11.8. The van der Waals surface area contributed by atoms with Crippen molar-refractivity contribution in [2.45, 2.75) is 23.1 Å². The van der Waals surface area contributed by atoms with Crippen molar-refractivity contribution in [3.63, 3.8) is 0 Å². The van der Waals surface area contributed by atoms with E-state index in [4.69, 9.17) is 11.6 Å². The number of rotatable bonds is 11. The van der Waals surface area contributed by atoms with E-state index in [0.29, 0.717) is 12.1 Å². The maximum absolute atomic E-state index is 12.2. The van der Waals surface area contributed by atoms with Crippen LogP contribution in [0.2, 0.25) is 5.28 Å². The van der Waals surface area contributed by atoms with Crippen molar-refractivity contribution in [2.75, 3.05) is 16.0 Å². The summed E-state index contributed by atoms with van der Waals surface area (Å²) in [6.07, 6.45) is 2.46. The fraction of sp³-hybridized carbons (Fsp3) is 0.0667. The van der Waals surface area contributed by atoms with Gasteiger partial charge in [-0.1, -0.05) is 30.3 Å².